The number of aryl methyl sites for hydroxylation is 1. The van der Waals surface area contributed by atoms with Crippen LogP contribution >= 0.6 is 0 Å². The first kappa shape index (κ1) is 18.1. The van der Waals surface area contributed by atoms with Gasteiger partial charge in [-0.2, -0.15) is 10.1 Å². The molecule has 1 saturated heterocycles. The van der Waals surface area contributed by atoms with Crippen molar-refractivity contribution in [3.05, 3.63) is 35.7 Å². The molecule has 0 saturated carbocycles. The summed E-state index contributed by atoms with van der Waals surface area (Å²) < 4.78 is 12.9. The quantitative estimate of drug-likeness (QED) is 0.713. The summed E-state index contributed by atoms with van der Waals surface area (Å²) in [6.07, 6.45) is 5.76. The molecule has 1 aliphatic rings. The molecule has 0 aliphatic carbocycles. The molecule has 8 heteroatoms. The van der Waals surface area contributed by atoms with Crippen LogP contribution in [0.2, 0.25) is 0 Å². The molecule has 4 heterocycles. The molecule has 4 rings (SSSR count). The fraction of sp³-hybridized carbons (Fsp3) is 0.579. The number of fused-ring (bicyclic) bond motifs is 1. The Morgan fingerprint density at radius 2 is 2.07 bits per heavy atom. The summed E-state index contributed by atoms with van der Waals surface area (Å²) in [7, 11) is 0. The zero-order chi connectivity index (χ0) is 18.8. The van der Waals surface area contributed by atoms with Crippen LogP contribution in [0.3, 0.4) is 0 Å². The number of rotatable bonds is 6. The minimum absolute atomic E-state index is 0.0178. The van der Waals surface area contributed by atoms with Crippen LogP contribution in [0, 0.1) is 12.8 Å². The van der Waals surface area contributed by atoms with E-state index in [1.807, 2.05) is 24.0 Å². The van der Waals surface area contributed by atoms with E-state index in [0.717, 1.165) is 42.7 Å². The summed E-state index contributed by atoms with van der Waals surface area (Å²) >= 11 is 0. The minimum Gasteiger partial charge on any atom is -0.381 e. The zero-order valence-corrected chi connectivity index (χ0v) is 16.1. The number of nitrogens with zero attached hydrogens (tertiary/aromatic N) is 5. The van der Waals surface area contributed by atoms with Gasteiger partial charge in [-0.25, -0.2) is 9.67 Å². The Kier molecular flexibility index (Phi) is 5.18. The zero-order valence-electron chi connectivity index (χ0n) is 16.1. The van der Waals surface area contributed by atoms with E-state index in [1.54, 1.807) is 0 Å². The van der Waals surface area contributed by atoms with Gasteiger partial charge in [0.1, 0.15) is 0 Å². The fourth-order valence-electron chi connectivity index (χ4n) is 3.63. The maximum absolute atomic E-state index is 5.51. The molecule has 0 amide bonds. The average Bonchev–Trinajstić information content (AvgIpc) is 3.29. The number of ether oxygens (including phenoxy) is 1. The van der Waals surface area contributed by atoms with Crippen LogP contribution in [0.15, 0.2) is 23.0 Å². The highest BCUT2D eigenvalue weighted by Crippen LogP contribution is 2.29. The van der Waals surface area contributed by atoms with Crippen LogP contribution < -0.4 is 5.32 Å². The first-order valence-electron chi connectivity index (χ1n) is 9.55. The van der Waals surface area contributed by atoms with Crippen molar-refractivity contribution >= 4 is 11.0 Å². The molecule has 3 aromatic rings. The van der Waals surface area contributed by atoms with Crippen molar-refractivity contribution in [2.75, 3.05) is 13.2 Å². The molecule has 144 valence electrons. The smallest absolute Gasteiger partial charge is 0.244 e. The number of hydrogen-bond acceptors (Lipinski definition) is 7. The van der Waals surface area contributed by atoms with Crippen LogP contribution in [0.4, 0.5) is 0 Å². The van der Waals surface area contributed by atoms with Crippen molar-refractivity contribution < 1.29 is 9.26 Å². The fourth-order valence-corrected chi connectivity index (χ4v) is 3.63. The molecule has 1 atom stereocenters. The van der Waals surface area contributed by atoms with Gasteiger partial charge in [0.25, 0.3) is 0 Å². The highest BCUT2D eigenvalue weighted by Gasteiger charge is 2.29. The van der Waals surface area contributed by atoms with Crippen LogP contribution in [0.1, 0.15) is 56.1 Å². The summed E-state index contributed by atoms with van der Waals surface area (Å²) in [4.78, 5) is 9.08. The molecule has 1 aliphatic heterocycles. The van der Waals surface area contributed by atoms with Gasteiger partial charge in [0.05, 0.1) is 12.2 Å². The predicted octanol–water partition coefficient (Wildman–Crippen LogP) is 2.96. The normalized spacial score (nSPS) is 17.0. The topological polar surface area (TPSA) is 90.9 Å². The molecular formula is C19H26N6O2. The molecule has 0 spiro atoms. The van der Waals surface area contributed by atoms with Gasteiger partial charge < -0.3 is 14.6 Å². The van der Waals surface area contributed by atoms with Crippen molar-refractivity contribution in [3.8, 4) is 0 Å². The van der Waals surface area contributed by atoms with Crippen LogP contribution in [-0.4, -0.2) is 38.1 Å². The Balaban J connectivity index is 1.52. The van der Waals surface area contributed by atoms with Crippen LogP contribution in [0.5, 0.6) is 0 Å². The molecule has 1 N–H and O–H groups in total. The third-order valence-corrected chi connectivity index (χ3v) is 5.05. The standard InChI is InChI=1S/C19H26N6O2/c1-12(2)25-18-16(11-22-25)8-14(10-21-18)9-20-17(15-4-6-26-7-5-15)19-23-13(3)24-27-19/h8,10-12,15,17,20H,4-7,9H2,1-3H3/t17-/m0/s1. The summed E-state index contributed by atoms with van der Waals surface area (Å²) in [6, 6.07) is 2.45. The molecule has 27 heavy (non-hydrogen) atoms. The molecule has 0 aromatic carbocycles. The average molecular weight is 370 g/mol. The van der Waals surface area contributed by atoms with E-state index in [4.69, 9.17) is 9.26 Å². The number of pyridine rings is 1. The van der Waals surface area contributed by atoms with Crippen LogP contribution in [0.25, 0.3) is 11.0 Å². The van der Waals surface area contributed by atoms with E-state index in [-0.39, 0.29) is 12.1 Å². The molecule has 3 aromatic heterocycles. The Morgan fingerprint density at radius 3 is 2.78 bits per heavy atom. The summed E-state index contributed by atoms with van der Waals surface area (Å²) in [5.41, 5.74) is 2.03. The second kappa shape index (κ2) is 7.74. The van der Waals surface area contributed by atoms with Gasteiger partial charge in [0, 0.05) is 37.4 Å². The summed E-state index contributed by atoms with van der Waals surface area (Å²) in [6.45, 7) is 8.29. The lowest BCUT2D eigenvalue weighted by atomic mass is 9.91. The van der Waals surface area contributed by atoms with E-state index in [2.05, 4.69) is 45.5 Å². The van der Waals surface area contributed by atoms with Gasteiger partial charge in [-0.3, -0.25) is 0 Å². The second-order valence-corrected chi connectivity index (χ2v) is 7.43. The minimum atomic E-state index is 0.0178. The van der Waals surface area contributed by atoms with E-state index >= 15 is 0 Å². The number of aromatic nitrogens is 5. The third kappa shape index (κ3) is 3.86. The Labute approximate surface area is 158 Å². The molecule has 0 unspecified atom stereocenters. The third-order valence-electron chi connectivity index (χ3n) is 5.05. The van der Waals surface area contributed by atoms with Gasteiger partial charge in [0.15, 0.2) is 11.5 Å². The largest absolute Gasteiger partial charge is 0.381 e. The van der Waals surface area contributed by atoms with E-state index < -0.39 is 0 Å². The highest BCUT2D eigenvalue weighted by atomic mass is 16.5. The van der Waals surface area contributed by atoms with Crippen molar-refractivity contribution in [1.82, 2.24) is 30.2 Å². The lowest BCUT2D eigenvalue weighted by Crippen LogP contribution is -2.32. The van der Waals surface area contributed by atoms with E-state index in [1.165, 1.54) is 0 Å². The SMILES string of the molecule is Cc1noc([C@@H](NCc2cnc3c(cnn3C(C)C)c2)C2CCOCC2)n1. The Bertz CT molecular complexity index is 897. The maximum atomic E-state index is 5.51. The highest BCUT2D eigenvalue weighted by molar-refractivity contribution is 5.75. The molecule has 0 radical (unpaired) electrons. The van der Waals surface area contributed by atoms with E-state index in [9.17, 15) is 0 Å². The first-order valence-corrected chi connectivity index (χ1v) is 9.55. The lowest BCUT2D eigenvalue weighted by molar-refractivity contribution is 0.0485. The molecule has 0 bridgehead atoms. The van der Waals surface area contributed by atoms with Crippen molar-refractivity contribution in [2.24, 2.45) is 5.92 Å². The molecule has 1 fully saturated rings. The summed E-state index contributed by atoms with van der Waals surface area (Å²) in [5.74, 6) is 1.73. The van der Waals surface area contributed by atoms with Gasteiger partial charge in [-0.1, -0.05) is 5.16 Å². The first-order chi connectivity index (χ1) is 13.1. The maximum Gasteiger partial charge on any atom is 0.244 e. The van der Waals surface area contributed by atoms with Gasteiger partial charge in [-0.15, -0.1) is 0 Å². The van der Waals surface area contributed by atoms with E-state index in [0.29, 0.717) is 24.2 Å². The van der Waals surface area contributed by atoms with Gasteiger partial charge in [0.2, 0.25) is 5.89 Å². The van der Waals surface area contributed by atoms with Crippen molar-refractivity contribution in [1.29, 1.82) is 0 Å². The Morgan fingerprint density at radius 1 is 1.26 bits per heavy atom. The van der Waals surface area contributed by atoms with Crippen molar-refractivity contribution in [2.45, 2.75) is 52.2 Å². The lowest BCUT2D eigenvalue weighted by Gasteiger charge is -2.28. The molecule has 8 nitrogen and oxygen atoms in total. The van der Waals surface area contributed by atoms with Crippen molar-refractivity contribution in [3.63, 3.8) is 0 Å². The monoisotopic (exact) mass is 370 g/mol. The second-order valence-electron chi connectivity index (χ2n) is 7.43. The number of hydrogen-bond donors (Lipinski definition) is 1. The van der Waals surface area contributed by atoms with Gasteiger partial charge >= 0.3 is 0 Å². The number of nitrogens with one attached hydrogen (secondary N) is 1. The summed E-state index contributed by atoms with van der Waals surface area (Å²) in [5, 5.41) is 13.1. The van der Waals surface area contributed by atoms with Gasteiger partial charge in [-0.05, 0) is 51.2 Å². The predicted molar refractivity (Wildman–Crippen MR) is 100 cm³/mol. The Hall–Kier alpha value is -2.32. The van der Waals surface area contributed by atoms with Crippen LogP contribution in [-0.2, 0) is 11.3 Å². The molecular weight excluding hydrogens is 344 g/mol.